The second-order valence-corrected chi connectivity index (χ2v) is 5.81. The summed E-state index contributed by atoms with van der Waals surface area (Å²) in [4.78, 5) is 12.3. The Labute approximate surface area is 121 Å². The van der Waals surface area contributed by atoms with Crippen molar-refractivity contribution < 1.29 is 9.32 Å². The molecule has 0 radical (unpaired) electrons. The van der Waals surface area contributed by atoms with Crippen LogP contribution in [0.3, 0.4) is 0 Å². The quantitative estimate of drug-likeness (QED) is 0.778. The van der Waals surface area contributed by atoms with Gasteiger partial charge in [0.05, 0.1) is 5.52 Å². The van der Waals surface area contributed by atoms with Gasteiger partial charge in [-0.05, 0) is 25.0 Å². The number of hydrogen-bond donors (Lipinski definition) is 1. The molecule has 0 spiro atoms. The molecule has 0 aliphatic heterocycles. The number of carbonyl (C=O) groups is 1. The van der Waals surface area contributed by atoms with E-state index in [0.717, 1.165) is 29.5 Å². The van der Waals surface area contributed by atoms with Gasteiger partial charge in [-0.3, -0.25) is 9.88 Å². The van der Waals surface area contributed by atoms with E-state index in [1.54, 1.807) is 10.8 Å². The summed E-state index contributed by atoms with van der Waals surface area (Å²) in [6.07, 6.45) is 3.97. The highest BCUT2D eigenvalue weighted by molar-refractivity contribution is 5.97. The van der Waals surface area contributed by atoms with Crippen molar-refractivity contribution in [3.8, 4) is 0 Å². The molecule has 3 aromatic rings. The van der Waals surface area contributed by atoms with Crippen molar-refractivity contribution >= 4 is 22.8 Å². The van der Waals surface area contributed by atoms with E-state index in [2.05, 4.69) is 17.4 Å². The SMILES string of the molecule is CC1(c2cc(NC(=O)n3ccc4ccccc43)no2)CC1. The Morgan fingerprint density at radius 3 is 2.95 bits per heavy atom. The Kier molecular flexibility index (Phi) is 2.45. The average Bonchev–Trinajstić information content (AvgIpc) is 2.94. The highest BCUT2D eigenvalue weighted by atomic mass is 16.5. The summed E-state index contributed by atoms with van der Waals surface area (Å²) < 4.78 is 6.90. The van der Waals surface area contributed by atoms with Gasteiger partial charge in [0.1, 0.15) is 5.76 Å². The van der Waals surface area contributed by atoms with Crippen molar-refractivity contribution in [3.63, 3.8) is 0 Å². The van der Waals surface area contributed by atoms with Crippen LogP contribution in [0.15, 0.2) is 47.1 Å². The maximum Gasteiger partial charge on any atom is 0.331 e. The molecule has 0 atom stereocenters. The Hall–Kier alpha value is -2.56. The lowest BCUT2D eigenvalue weighted by Gasteiger charge is -2.03. The number of para-hydroxylation sites is 1. The van der Waals surface area contributed by atoms with Crippen LogP contribution in [0.25, 0.3) is 10.9 Å². The Balaban J connectivity index is 1.59. The first-order valence-electron chi connectivity index (χ1n) is 7.00. The molecule has 4 rings (SSSR count). The average molecular weight is 281 g/mol. The van der Waals surface area contributed by atoms with E-state index in [9.17, 15) is 4.79 Å². The number of rotatable bonds is 2. The Morgan fingerprint density at radius 2 is 2.14 bits per heavy atom. The summed E-state index contributed by atoms with van der Waals surface area (Å²) in [5.74, 6) is 1.30. The minimum atomic E-state index is -0.239. The molecule has 106 valence electrons. The molecule has 1 saturated carbocycles. The van der Waals surface area contributed by atoms with Crippen LogP contribution in [0.5, 0.6) is 0 Å². The van der Waals surface area contributed by atoms with Crippen LogP contribution in [0.4, 0.5) is 10.6 Å². The van der Waals surface area contributed by atoms with Gasteiger partial charge in [-0.2, -0.15) is 0 Å². The van der Waals surface area contributed by atoms with Gasteiger partial charge in [-0.1, -0.05) is 30.3 Å². The molecule has 5 nitrogen and oxygen atoms in total. The van der Waals surface area contributed by atoms with E-state index in [1.807, 2.05) is 36.4 Å². The van der Waals surface area contributed by atoms with Crippen LogP contribution in [-0.4, -0.2) is 15.8 Å². The van der Waals surface area contributed by atoms with Gasteiger partial charge in [0.25, 0.3) is 0 Å². The summed E-state index contributed by atoms with van der Waals surface area (Å²) >= 11 is 0. The third-order valence-electron chi connectivity index (χ3n) is 4.16. The number of hydrogen-bond acceptors (Lipinski definition) is 3. The second kappa shape index (κ2) is 4.22. The number of aromatic nitrogens is 2. The minimum Gasteiger partial charge on any atom is -0.359 e. The Morgan fingerprint density at radius 1 is 1.33 bits per heavy atom. The van der Waals surface area contributed by atoms with E-state index in [4.69, 9.17) is 4.52 Å². The molecule has 1 aromatic carbocycles. The molecule has 1 aliphatic carbocycles. The summed E-state index contributed by atoms with van der Waals surface area (Å²) in [5, 5.41) is 7.74. The summed E-state index contributed by atoms with van der Waals surface area (Å²) in [7, 11) is 0. The highest BCUT2D eigenvalue weighted by Crippen LogP contribution is 2.48. The summed E-state index contributed by atoms with van der Waals surface area (Å²) in [5.41, 5.74) is 0.976. The van der Waals surface area contributed by atoms with Gasteiger partial charge in [0.2, 0.25) is 0 Å². The lowest BCUT2D eigenvalue weighted by atomic mass is 10.1. The molecule has 1 aliphatic rings. The van der Waals surface area contributed by atoms with Gasteiger partial charge in [0, 0.05) is 23.1 Å². The Bertz CT molecular complexity index is 827. The third kappa shape index (κ3) is 2.01. The lowest BCUT2D eigenvalue weighted by molar-refractivity contribution is 0.254. The van der Waals surface area contributed by atoms with E-state index < -0.39 is 0 Å². The molecule has 0 bridgehead atoms. The van der Waals surface area contributed by atoms with Crippen molar-refractivity contribution in [1.29, 1.82) is 0 Å². The molecular formula is C16H15N3O2. The molecule has 2 heterocycles. The molecule has 0 unspecified atom stereocenters. The van der Waals surface area contributed by atoms with Crippen LogP contribution in [-0.2, 0) is 5.41 Å². The first kappa shape index (κ1) is 12.2. The largest absolute Gasteiger partial charge is 0.359 e. The molecule has 5 heteroatoms. The molecular weight excluding hydrogens is 266 g/mol. The lowest BCUT2D eigenvalue weighted by Crippen LogP contribution is -2.18. The van der Waals surface area contributed by atoms with Crippen molar-refractivity contribution in [2.75, 3.05) is 5.32 Å². The van der Waals surface area contributed by atoms with Gasteiger partial charge in [0.15, 0.2) is 5.82 Å². The second-order valence-electron chi connectivity index (χ2n) is 5.81. The first-order chi connectivity index (χ1) is 10.2. The summed E-state index contributed by atoms with van der Waals surface area (Å²) in [6, 6.07) is 11.2. The van der Waals surface area contributed by atoms with Gasteiger partial charge < -0.3 is 4.52 Å². The maximum atomic E-state index is 12.3. The van der Waals surface area contributed by atoms with Gasteiger partial charge >= 0.3 is 6.03 Å². The monoisotopic (exact) mass is 281 g/mol. The van der Waals surface area contributed by atoms with Crippen molar-refractivity contribution in [3.05, 3.63) is 48.4 Å². The van der Waals surface area contributed by atoms with Crippen LogP contribution in [0.2, 0.25) is 0 Å². The smallest absolute Gasteiger partial charge is 0.331 e. The number of fused-ring (bicyclic) bond motifs is 1. The van der Waals surface area contributed by atoms with E-state index in [0.29, 0.717) is 5.82 Å². The number of nitrogens with one attached hydrogen (secondary N) is 1. The zero-order valence-corrected chi connectivity index (χ0v) is 11.7. The molecule has 1 amide bonds. The minimum absolute atomic E-state index is 0.107. The van der Waals surface area contributed by atoms with E-state index in [1.165, 1.54) is 0 Å². The summed E-state index contributed by atoms with van der Waals surface area (Å²) in [6.45, 7) is 2.14. The van der Waals surface area contributed by atoms with Crippen molar-refractivity contribution in [2.45, 2.75) is 25.2 Å². The normalized spacial score (nSPS) is 16.0. The number of carbonyl (C=O) groups excluding carboxylic acids is 1. The zero-order valence-electron chi connectivity index (χ0n) is 11.7. The fraction of sp³-hybridized carbons (Fsp3) is 0.250. The van der Waals surface area contributed by atoms with Gasteiger partial charge in [-0.25, -0.2) is 4.79 Å². The maximum absolute atomic E-state index is 12.3. The van der Waals surface area contributed by atoms with Crippen LogP contribution in [0, 0.1) is 0 Å². The predicted octanol–water partition coefficient (Wildman–Crippen LogP) is 3.76. The molecule has 1 fully saturated rings. The number of anilines is 1. The number of amides is 1. The van der Waals surface area contributed by atoms with E-state index in [-0.39, 0.29) is 11.4 Å². The number of benzene rings is 1. The third-order valence-corrected chi connectivity index (χ3v) is 4.16. The molecule has 2 aromatic heterocycles. The number of nitrogens with zero attached hydrogens (tertiary/aromatic N) is 2. The van der Waals surface area contributed by atoms with Crippen molar-refractivity contribution in [1.82, 2.24) is 9.72 Å². The predicted molar refractivity (Wildman–Crippen MR) is 79.4 cm³/mol. The fourth-order valence-corrected chi connectivity index (χ4v) is 2.48. The fourth-order valence-electron chi connectivity index (χ4n) is 2.48. The zero-order chi connectivity index (χ0) is 14.4. The molecule has 21 heavy (non-hydrogen) atoms. The van der Waals surface area contributed by atoms with E-state index >= 15 is 0 Å². The van der Waals surface area contributed by atoms with Crippen LogP contribution < -0.4 is 5.32 Å². The first-order valence-corrected chi connectivity index (χ1v) is 7.00. The van der Waals surface area contributed by atoms with Crippen LogP contribution >= 0.6 is 0 Å². The highest BCUT2D eigenvalue weighted by Gasteiger charge is 2.43. The molecule has 1 N–H and O–H groups in total. The van der Waals surface area contributed by atoms with Crippen LogP contribution in [0.1, 0.15) is 25.5 Å². The van der Waals surface area contributed by atoms with Gasteiger partial charge in [-0.15, -0.1) is 0 Å². The standard InChI is InChI=1S/C16H15N3O2/c1-16(7-8-16)13-10-14(18-21-13)17-15(20)19-9-6-11-4-2-3-5-12(11)19/h2-6,9-10H,7-8H2,1H3,(H,17,18,20). The van der Waals surface area contributed by atoms with Crippen molar-refractivity contribution in [2.24, 2.45) is 0 Å². The topological polar surface area (TPSA) is 60.1 Å². The molecule has 0 saturated heterocycles.